The van der Waals surface area contributed by atoms with E-state index in [-0.39, 0.29) is 5.39 Å². The Hall–Kier alpha value is -2.04. The van der Waals surface area contributed by atoms with Crippen LogP contribution in [0.5, 0.6) is 5.75 Å². The zero-order valence-electron chi connectivity index (χ0n) is 9.40. The van der Waals surface area contributed by atoms with Crippen molar-refractivity contribution < 1.29 is 9.50 Å². The SMILES string of the molecule is CCCn1c(=O)c(F)c(O)c2cc(N)ccc21. The first-order valence-electron chi connectivity index (χ1n) is 5.36. The molecule has 0 fully saturated rings. The molecule has 2 aromatic rings. The van der Waals surface area contributed by atoms with Crippen molar-refractivity contribution >= 4 is 16.6 Å². The lowest BCUT2D eigenvalue weighted by Crippen LogP contribution is -2.23. The fourth-order valence-corrected chi connectivity index (χ4v) is 1.87. The number of fused-ring (bicyclic) bond motifs is 1. The molecule has 1 aromatic carbocycles. The van der Waals surface area contributed by atoms with E-state index in [0.29, 0.717) is 24.2 Å². The maximum Gasteiger partial charge on any atom is 0.290 e. The Morgan fingerprint density at radius 2 is 2.18 bits per heavy atom. The number of nitrogens with zero attached hydrogens (tertiary/aromatic N) is 1. The highest BCUT2D eigenvalue weighted by Gasteiger charge is 2.15. The predicted octanol–water partition coefficient (Wildman–Crippen LogP) is 1.84. The molecule has 0 aliphatic heterocycles. The standard InChI is InChI=1S/C12H13FN2O2/c1-2-5-15-9-4-3-7(14)6-8(9)11(16)10(13)12(15)17/h3-4,6,16H,2,5,14H2,1H3. The van der Waals surface area contributed by atoms with Crippen LogP contribution in [0.25, 0.3) is 10.9 Å². The highest BCUT2D eigenvalue weighted by Crippen LogP contribution is 2.27. The van der Waals surface area contributed by atoms with E-state index in [1.807, 2.05) is 6.92 Å². The van der Waals surface area contributed by atoms with Crippen LogP contribution in [0, 0.1) is 5.82 Å². The highest BCUT2D eigenvalue weighted by molar-refractivity contribution is 5.87. The number of pyridine rings is 1. The van der Waals surface area contributed by atoms with Gasteiger partial charge < -0.3 is 15.4 Å². The Morgan fingerprint density at radius 1 is 1.47 bits per heavy atom. The summed E-state index contributed by atoms with van der Waals surface area (Å²) in [7, 11) is 0. The van der Waals surface area contributed by atoms with Gasteiger partial charge in [-0.25, -0.2) is 0 Å². The number of nitrogens with two attached hydrogens (primary N) is 1. The van der Waals surface area contributed by atoms with E-state index in [1.54, 1.807) is 12.1 Å². The van der Waals surface area contributed by atoms with Crippen LogP contribution in [0.3, 0.4) is 0 Å². The van der Waals surface area contributed by atoms with Gasteiger partial charge in [-0.1, -0.05) is 6.92 Å². The molecule has 0 aliphatic rings. The van der Waals surface area contributed by atoms with Crippen LogP contribution in [0.15, 0.2) is 23.0 Å². The van der Waals surface area contributed by atoms with Gasteiger partial charge in [0.25, 0.3) is 5.56 Å². The molecule has 0 bridgehead atoms. The van der Waals surface area contributed by atoms with Crippen LogP contribution in [0.2, 0.25) is 0 Å². The van der Waals surface area contributed by atoms with Crippen LogP contribution in [0.1, 0.15) is 13.3 Å². The average molecular weight is 236 g/mol. The molecule has 0 saturated heterocycles. The van der Waals surface area contributed by atoms with Gasteiger partial charge in [-0.05, 0) is 24.6 Å². The molecular weight excluding hydrogens is 223 g/mol. The lowest BCUT2D eigenvalue weighted by molar-refractivity contribution is 0.428. The van der Waals surface area contributed by atoms with Crippen LogP contribution >= 0.6 is 0 Å². The molecule has 4 nitrogen and oxygen atoms in total. The number of anilines is 1. The van der Waals surface area contributed by atoms with Gasteiger partial charge in [0.15, 0.2) is 5.75 Å². The summed E-state index contributed by atoms with van der Waals surface area (Å²) < 4.78 is 14.9. The lowest BCUT2D eigenvalue weighted by Gasteiger charge is -2.11. The minimum absolute atomic E-state index is 0.260. The van der Waals surface area contributed by atoms with Gasteiger partial charge in [0.1, 0.15) is 0 Å². The zero-order chi connectivity index (χ0) is 12.6. The molecule has 0 aliphatic carbocycles. The zero-order valence-corrected chi connectivity index (χ0v) is 9.40. The molecule has 17 heavy (non-hydrogen) atoms. The van der Waals surface area contributed by atoms with Gasteiger partial charge in [0.05, 0.1) is 5.52 Å². The number of rotatable bonds is 2. The second-order valence-corrected chi connectivity index (χ2v) is 3.90. The second-order valence-electron chi connectivity index (χ2n) is 3.90. The molecule has 0 radical (unpaired) electrons. The number of nitrogen functional groups attached to an aromatic ring is 1. The molecule has 3 N–H and O–H groups in total. The number of hydrogen-bond donors (Lipinski definition) is 2. The number of benzene rings is 1. The summed E-state index contributed by atoms with van der Waals surface area (Å²) in [6, 6.07) is 4.69. The van der Waals surface area contributed by atoms with Crippen LogP contribution in [0.4, 0.5) is 10.1 Å². The van der Waals surface area contributed by atoms with Crippen molar-refractivity contribution in [3.05, 3.63) is 34.4 Å². The molecule has 5 heteroatoms. The Morgan fingerprint density at radius 3 is 2.82 bits per heavy atom. The monoisotopic (exact) mass is 236 g/mol. The molecular formula is C12H13FN2O2. The van der Waals surface area contributed by atoms with E-state index in [9.17, 15) is 14.3 Å². The van der Waals surface area contributed by atoms with Gasteiger partial charge in [-0.15, -0.1) is 0 Å². The molecule has 1 aromatic heterocycles. The van der Waals surface area contributed by atoms with Crippen molar-refractivity contribution in [1.82, 2.24) is 4.57 Å². The normalized spacial score (nSPS) is 10.9. The third-order valence-electron chi connectivity index (χ3n) is 2.65. The third kappa shape index (κ3) is 1.73. The summed E-state index contributed by atoms with van der Waals surface area (Å²) in [6.45, 7) is 2.29. The van der Waals surface area contributed by atoms with Crippen LogP contribution < -0.4 is 11.3 Å². The van der Waals surface area contributed by atoms with Crippen molar-refractivity contribution in [3.63, 3.8) is 0 Å². The predicted molar refractivity (Wildman–Crippen MR) is 64.5 cm³/mol. The van der Waals surface area contributed by atoms with Crippen molar-refractivity contribution in [3.8, 4) is 5.75 Å². The van der Waals surface area contributed by atoms with E-state index in [4.69, 9.17) is 5.73 Å². The lowest BCUT2D eigenvalue weighted by atomic mass is 10.1. The number of aryl methyl sites for hydroxylation is 1. The molecule has 2 rings (SSSR count). The van der Waals surface area contributed by atoms with Gasteiger partial charge in [0, 0.05) is 17.6 Å². The highest BCUT2D eigenvalue weighted by atomic mass is 19.1. The third-order valence-corrected chi connectivity index (χ3v) is 2.65. The Balaban J connectivity index is 2.93. The van der Waals surface area contributed by atoms with E-state index < -0.39 is 17.1 Å². The quantitative estimate of drug-likeness (QED) is 0.782. The van der Waals surface area contributed by atoms with Gasteiger partial charge >= 0.3 is 0 Å². The molecule has 0 spiro atoms. The van der Waals surface area contributed by atoms with E-state index in [2.05, 4.69) is 0 Å². The Kier molecular flexibility index (Phi) is 2.75. The number of aromatic hydroxyl groups is 1. The Labute approximate surface area is 97.1 Å². The van der Waals surface area contributed by atoms with E-state index in [1.165, 1.54) is 10.6 Å². The summed E-state index contributed by atoms with van der Waals surface area (Å²) in [4.78, 5) is 11.7. The minimum atomic E-state index is -1.13. The average Bonchev–Trinajstić information content (AvgIpc) is 2.32. The van der Waals surface area contributed by atoms with Crippen molar-refractivity contribution in [1.29, 1.82) is 0 Å². The maximum absolute atomic E-state index is 13.6. The number of aromatic nitrogens is 1. The molecule has 1 heterocycles. The fraction of sp³-hybridized carbons (Fsp3) is 0.250. The van der Waals surface area contributed by atoms with Crippen molar-refractivity contribution in [2.45, 2.75) is 19.9 Å². The van der Waals surface area contributed by atoms with Gasteiger partial charge in [-0.3, -0.25) is 4.79 Å². The summed E-state index contributed by atoms with van der Waals surface area (Å²) >= 11 is 0. The minimum Gasteiger partial charge on any atom is -0.504 e. The summed E-state index contributed by atoms with van der Waals surface area (Å²) in [5.41, 5.74) is 5.68. The van der Waals surface area contributed by atoms with E-state index in [0.717, 1.165) is 0 Å². The fourth-order valence-electron chi connectivity index (χ4n) is 1.87. The largest absolute Gasteiger partial charge is 0.504 e. The summed E-state index contributed by atoms with van der Waals surface area (Å²) in [5.74, 6) is -1.76. The van der Waals surface area contributed by atoms with Gasteiger partial charge in [0.2, 0.25) is 5.82 Å². The molecule has 0 amide bonds. The van der Waals surface area contributed by atoms with Crippen LogP contribution in [-0.4, -0.2) is 9.67 Å². The molecule has 0 atom stereocenters. The second kappa shape index (κ2) is 4.08. The topological polar surface area (TPSA) is 68.2 Å². The summed E-state index contributed by atoms with van der Waals surface area (Å²) in [5, 5.41) is 9.87. The van der Waals surface area contributed by atoms with E-state index >= 15 is 0 Å². The number of halogens is 1. The first kappa shape index (κ1) is 11.4. The molecule has 90 valence electrons. The van der Waals surface area contributed by atoms with Crippen molar-refractivity contribution in [2.75, 3.05) is 5.73 Å². The molecule has 0 unspecified atom stereocenters. The smallest absolute Gasteiger partial charge is 0.290 e. The van der Waals surface area contributed by atoms with Gasteiger partial charge in [-0.2, -0.15) is 4.39 Å². The van der Waals surface area contributed by atoms with Crippen LogP contribution in [-0.2, 0) is 6.54 Å². The number of hydrogen-bond acceptors (Lipinski definition) is 3. The molecule has 0 saturated carbocycles. The van der Waals surface area contributed by atoms with Crippen molar-refractivity contribution in [2.24, 2.45) is 0 Å². The first-order chi connectivity index (χ1) is 8.06. The first-order valence-corrected chi connectivity index (χ1v) is 5.36. The summed E-state index contributed by atoms with van der Waals surface area (Å²) in [6.07, 6.45) is 0.698. The maximum atomic E-state index is 13.6. The Bertz CT molecular complexity index is 634.